The molecule has 2 heterocycles. The molecule has 156 valence electrons. The molecule has 1 fully saturated rings. The van der Waals surface area contributed by atoms with E-state index in [4.69, 9.17) is 0 Å². The van der Waals surface area contributed by atoms with Crippen molar-refractivity contribution in [2.75, 3.05) is 0 Å². The highest BCUT2D eigenvalue weighted by Gasteiger charge is 2.46. The highest BCUT2D eigenvalue weighted by molar-refractivity contribution is 5.97. The van der Waals surface area contributed by atoms with Crippen LogP contribution >= 0.6 is 0 Å². The fourth-order valence-corrected chi connectivity index (χ4v) is 4.51. The topological polar surface area (TPSA) is 64.0 Å². The van der Waals surface area contributed by atoms with E-state index < -0.39 is 24.0 Å². The molecule has 1 amide bonds. The Kier molecular flexibility index (Phi) is 5.36. The van der Waals surface area contributed by atoms with Gasteiger partial charge in [-0.1, -0.05) is 19.3 Å². The second kappa shape index (κ2) is 7.80. The first kappa shape index (κ1) is 19.9. The van der Waals surface area contributed by atoms with Crippen LogP contribution in [0, 0.1) is 5.92 Å². The first-order valence-corrected chi connectivity index (χ1v) is 10.3. The number of alkyl halides is 3. The monoisotopic (exact) mass is 407 g/mol. The van der Waals surface area contributed by atoms with Gasteiger partial charge in [0.1, 0.15) is 5.82 Å². The van der Waals surface area contributed by atoms with E-state index in [0.717, 1.165) is 19.3 Å². The molecule has 0 unspecified atom stereocenters. The maximum Gasteiger partial charge on any atom is 0.393 e. The van der Waals surface area contributed by atoms with Gasteiger partial charge in [-0.2, -0.15) is 13.2 Å². The average molecular weight is 407 g/mol. The Morgan fingerprint density at radius 2 is 1.90 bits per heavy atom. The van der Waals surface area contributed by atoms with E-state index in [0.29, 0.717) is 49.0 Å². The van der Waals surface area contributed by atoms with Crippen molar-refractivity contribution in [1.82, 2.24) is 14.9 Å². The van der Waals surface area contributed by atoms with Gasteiger partial charge in [-0.25, -0.2) is 4.98 Å². The molecule has 5 nitrogen and oxygen atoms in total. The van der Waals surface area contributed by atoms with E-state index in [1.807, 2.05) is 0 Å². The third-order valence-electron chi connectivity index (χ3n) is 6.08. The van der Waals surface area contributed by atoms with Crippen molar-refractivity contribution in [1.29, 1.82) is 0 Å². The Bertz CT molecular complexity index is 984. The quantitative estimate of drug-likeness (QED) is 0.819. The molecule has 4 rings (SSSR count). The molecule has 1 aliphatic carbocycles. The van der Waals surface area contributed by atoms with Gasteiger partial charge in [-0.05, 0) is 43.9 Å². The van der Waals surface area contributed by atoms with Crippen molar-refractivity contribution in [2.45, 2.75) is 70.1 Å². The van der Waals surface area contributed by atoms with E-state index in [1.54, 1.807) is 10.6 Å². The summed E-state index contributed by atoms with van der Waals surface area (Å²) >= 11 is 0. The third-order valence-corrected chi connectivity index (χ3v) is 6.08. The van der Waals surface area contributed by atoms with Gasteiger partial charge in [0.2, 0.25) is 0 Å². The zero-order valence-corrected chi connectivity index (χ0v) is 16.1. The van der Waals surface area contributed by atoms with Gasteiger partial charge in [0.25, 0.3) is 11.5 Å². The van der Waals surface area contributed by atoms with Crippen LogP contribution < -0.4 is 10.9 Å². The molecule has 8 heteroatoms. The lowest BCUT2D eigenvalue weighted by atomic mass is 9.84. The van der Waals surface area contributed by atoms with E-state index in [2.05, 4.69) is 10.3 Å². The molecule has 1 saturated carbocycles. The Labute approximate surface area is 166 Å². The Balaban J connectivity index is 1.62. The number of aryl methyl sites for hydroxylation is 1. The molecule has 1 aromatic heterocycles. The zero-order chi connectivity index (χ0) is 20.6. The molecule has 0 radical (unpaired) electrons. The number of rotatable bonds is 2. The van der Waals surface area contributed by atoms with Gasteiger partial charge in [-0.15, -0.1) is 0 Å². The van der Waals surface area contributed by atoms with Crippen LogP contribution in [0.25, 0.3) is 10.9 Å². The van der Waals surface area contributed by atoms with Gasteiger partial charge in [0.15, 0.2) is 0 Å². The highest BCUT2D eigenvalue weighted by atomic mass is 19.4. The highest BCUT2D eigenvalue weighted by Crippen LogP contribution is 2.37. The standard InChI is InChI=1S/C21H24F3N3O2/c22-21(23,24)15-6-3-4-7-16(15)26-19(28)13-9-10-14-17(12-13)25-18-8-2-1-5-11-27(18)20(14)29/h9-10,12,15-16H,1-8,11H2,(H,26,28)/t15-,16-/m0/s1. The molecule has 1 aromatic carbocycles. The smallest absolute Gasteiger partial charge is 0.349 e. The fourth-order valence-electron chi connectivity index (χ4n) is 4.51. The number of hydrogen-bond donors (Lipinski definition) is 1. The van der Waals surface area contributed by atoms with Crippen molar-refractivity contribution in [3.05, 3.63) is 39.9 Å². The number of halogens is 3. The Hall–Kier alpha value is -2.38. The summed E-state index contributed by atoms with van der Waals surface area (Å²) in [6, 6.07) is 3.65. The number of carbonyl (C=O) groups is 1. The minimum Gasteiger partial charge on any atom is -0.349 e. The van der Waals surface area contributed by atoms with Crippen LogP contribution in [0.4, 0.5) is 13.2 Å². The number of nitrogens with zero attached hydrogens (tertiary/aromatic N) is 2. The molecule has 2 atom stereocenters. The number of nitrogens with one attached hydrogen (secondary N) is 1. The number of hydrogen-bond acceptors (Lipinski definition) is 3. The van der Waals surface area contributed by atoms with Crippen LogP contribution in [-0.2, 0) is 13.0 Å². The molecule has 2 aromatic rings. The third kappa shape index (κ3) is 4.02. The Morgan fingerprint density at radius 1 is 1.10 bits per heavy atom. The maximum absolute atomic E-state index is 13.3. The van der Waals surface area contributed by atoms with E-state index in [-0.39, 0.29) is 17.5 Å². The van der Waals surface area contributed by atoms with Gasteiger partial charge in [-0.3, -0.25) is 14.2 Å². The van der Waals surface area contributed by atoms with Crippen molar-refractivity contribution >= 4 is 16.8 Å². The van der Waals surface area contributed by atoms with Gasteiger partial charge >= 0.3 is 6.18 Å². The second-order valence-electron chi connectivity index (χ2n) is 8.04. The molecule has 1 aliphatic heterocycles. The van der Waals surface area contributed by atoms with Crippen molar-refractivity contribution in [2.24, 2.45) is 5.92 Å². The molecule has 0 spiro atoms. The number of amides is 1. The van der Waals surface area contributed by atoms with Crippen molar-refractivity contribution in [3.63, 3.8) is 0 Å². The SMILES string of the molecule is O=C(N[C@H]1CCCC[C@@H]1C(F)(F)F)c1ccc2c(=O)n3c(nc2c1)CCCCC3. The summed E-state index contributed by atoms with van der Waals surface area (Å²) in [4.78, 5) is 30.0. The van der Waals surface area contributed by atoms with Crippen LogP contribution in [0.1, 0.15) is 61.1 Å². The maximum atomic E-state index is 13.3. The van der Waals surface area contributed by atoms with Gasteiger partial charge in [0.05, 0.1) is 16.8 Å². The summed E-state index contributed by atoms with van der Waals surface area (Å²) in [6.45, 7) is 0.639. The van der Waals surface area contributed by atoms with Gasteiger partial charge in [0, 0.05) is 24.6 Å². The number of benzene rings is 1. The van der Waals surface area contributed by atoms with Crippen molar-refractivity contribution in [3.8, 4) is 0 Å². The minimum absolute atomic E-state index is 0.0383. The predicted molar refractivity (Wildman–Crippen MR) is 103 cm³/mol. The van der Waals surface area contributed by atoms with Crippen LogP contribution in [0.15, 0.2) is 23.0 Å². The predicted octanol–water partition coefficient (Wildman–Crippen LogP) is 3.97. The van der Waals surface area contributed by atoms with E-state index >= 15 is 0 Å². The van der Waals surface area contributed by atoms with Crippen LogP contribution in [0.5, 0.6) is 0 Å². The molecular weight excluding hydrogens is 383 g/mol. The van der Waals surface area contributed by atoms with Crippen LogP contribution in [0.2, 0.25) is 0 Å². The van der Waals surface area contributed by atoms with Gasteiger partial charge < -0.3 is 5.32 Å². The molecule has 1 N–H and O–H groups in total. The van der Waals surface area contributed by atoms with Crippen molar-refractivity contribution < 1.29 is 18.0 Å². The summed E-state index contributed by atoms with van der Waals surface area (Å²) in [5, 5.41) is 3.00. The number of carbonyl (C=O) groups excluding carboxylic acids is 1. The Morgan fingerprint density at radius 3 is 2.69 bits per heavy atom. The summed E-state index contributed by atoms with van der Waals surface area (Å²) in [5.74, 6) is -1.36. The lowest BCUT2D eigenvalue weighted by molar-refractivity contribution is -0.187. The average Bonchev–Trinajstić information content (AvgIpc) is 2.93. The molecular formula is C21H24F3N3O2. The summed E-state index contributed by atoms with van der Waals surface area (Å²) in [7, 11) is 0. The number of aromatic nitrogens is 2. The summed E-state index contributed by atoms with van der Waals surface area (Å²) in [6.07, 6.45) is 0.848. The lowest BCUT2D eigenvalue weighted by Crippen LogP contribution is -2.47. The second-order valence-corrected chi connectivity index (χ2v) is 8.04. The van der Waals surface area contributed by atoms with E-state index in [1.165, 1.54) is 12.1 Å². The fraction of sp³-hybridized carbons (Fsp3) is 0.571. The normalized spacial score (nSPS) is 22.7. The van der Waals surface area contributed by atoms with Crippen LogP contribution in [0.3, 0.4) is 0 Å². The zero-order valence-electron chi connectivity index (χ0n) is 16.1. The minimum atomic E-state index is -4.32. The first-order chi connectivity index (χ1) is 13.8. The molecule has 2 aliphatic rings. The molecule has 0 saturated heterocycles. The van der Waals surface area contributed by atoms with Crippen LogP contribution in [-0.4, -0.2) is 27.7 Å². The largest absolute Gasteiger partial charge is 0.393 e. The first-order valence-electron chi connectivity index (χ1n) is 10.3. The summed E-state index contributed by atoms with van der Waals surface area (Å²) in [5.41, 5.74) is 0.532. The lowest BCUT2D eigenvalue weighted by Gasteiger charge is -2.33. The molecule has 0 bridgehead atoms. The number of fused-ring (bicyclic) bond motifs is 2. The molecule has 29 heavy (non-hydrogen) atoms. The summed E-state index contributed by atoms with van der Waals surface area (Å²) < 4.78 is 41.6. The van der Waals surface area contributed by atoms with E-state index in [9.17, 15) is 22.8 Å².